The minimum Gasteiger partial charge on any atom is -0.493 e. The van der Waals surface area contributed by atoms with Crippen molar-refractivity contribution in [3.8, 4) is 5.75 Å². The van der Waals surface area contributed by atoms with Gasteiger partial charge in [0.15, 0.2) is 11.3 Å². The first kappa shape index (κ1) is 17.7. The summed E-state index contributed by atoms with van der Waals surface area (Å²) in [6.45, 7) is 5.86. The first-order valence-corrected chi connectivity index (χ1v) is 10.2. The van der Waals surface area contributed by atoms with Crippen LogP contribution >= 0.6 is 0 Å². The average Bonchev–Trinajstić information content (AvgIpc) is 3.24. The van der Waals surface area contributed by atoms with E-state index in [1.165, 1.54) is 12.8 Å². The van der Waals surface area contributed by atoms with Crippen molar-refractivity contribution in [1.29, 1.82) is 0 Å². The van der Waals surface area contributed by atoms with Crippen molar-refractivity contribution >= 4 is 11.0 Å². The SMILES string of the molecule is COc1cccc2cc(CN3CCC[C@H](c4nnc5n4CCNCC5)C3)oc12. The summed E-state index contributed by atoms with van der Waals surface area (Å²) >= 11 is 0. The molecular weight excluding hydrogens is 354 g/mol. The number of aromatic nitrogens is 3. The van der Waals surface area contributed by atoms with Crippen LogP contribution in [0.3, 0.4) is 0 Å². The average molecular weight is 381 g/mol. The van der Waals surface area contributed by atoms with E-state index in [4.69, 9.17) is 9.15 Å². The zero-order valence-corrected chi connectivity index (χ0v) is 16.4. The number of benzene rings is 1. The molecule has 3 aromatic rings. The molecule has 0 bridgehead atoms. The number of para-hydroxylation sites is 1. The van der Waals surface area contributed by atoms with E-state index in [1.807, 2.05) is 12.1 Å². The van der Waals surface area contributed by atoms with Gasteiger partial charge in [-0.25, -0.2) is 0 Å². The summed E-state index contributed by atoms with van der Waals surface area (Å²) in [6.07, 6.45) is 3.31. The maximum absolute atomic E-state index is 6.12. The lowest BCUT2D eigenvalue weighted by Gasteiger charge is -2.31. The van der Waals surface area contributed by atoms with Crippen LogP contribution in [0.1, 0.15) is 36.2 Å². The Kier molecular flexibility index (Phi) is 4.78. The Morgan fingerprint density at radius 1 is 1.25 bits per heavy atom. The van der Waals surface area contributed by atoms with Crippen molar-refractivity contribution in [2.45, 2.75) is 38.3 Å². The fourth-order valence-electron chi connectivity index (χ4n) is 4.55. The molecule has 7 nitrogen and oxygen atoms in total. The number of nitrogens with zero attached hydrogens (tertiary/aromatic N) is 4. The number of furan rings is 1. The Balaban J connectivity index is 1.33. The minimum atomic E-state index is 0.437. The van der Waals surface area contributed by atoms with Gasteiger partial charge in [-0.2, -0.15) is 0 Å². The summed E-state index contributed by atoms with van der Waals surface area (Å²) in [4.78, 5) is 2.48. The molecule has 1 N–H and O–H groups in total. The Bertz CT molecular complexity index is 963. The van der Waals surface area contributed by atoms with Gasteiger partial charge >= 0.3 is 0 Å². The van der Waals surface area contributed by atoms with Gasteiger partial charge in [0.1, 0.15) is 17.4 Å². The van der Waals surface area contributed by atoms with Crippen LogP contribution in [0.4, 0.5) is 0 Å². The fourth-order valence-corrected chi connectivity index (χ4v) is 4.55. The Morgan fingerprint density at radius 3 is 3.14 bits per heavy atom. The molecule has 7 heteroatoms. The van der Waals surface area contributed by atoms with Crippen LogP contribution in [0.15, 0.2) is 28.7 Å². The highest BCUT2D eigenvalue weighted by Crippen LogP contribution is 2.31. The molecule has 1 aromatic carbocycles. The van der Waals surface area contributed by atoms with E-state index in [9.17, 15) is 0 Å². The van der Waals surface area contributed by atoms with E-state index in [0.717, 1.165) is 79.8 Å². The predicted octanol–water partition coefficient (Wildman–Crippen LogP) is 2.56. The number of nitrogens with one attached hydrogen (secondary N) is 1. The third kappa shape index (κ3) is 3.29. The Morgan fingerprint density at radius 2 is 2.21 bits per heavy atom. The third-order valence-electron chi connectivity index (χ3n) is 5.92. The highest BCUT2D eigenvalue weighted by atomic mass is 16.5. The number of likely N-dealkylation sites (tertiary alicyclic amines) is 1. The number of hydrogen-bond donors (Lipinski definition) is 1. The number of ether oxygens (including phenoxy) is 1. The molecule has 0 spiro atoms. The quantitative estimate of drug-likeness (QED) is 0.749. The normalized spacial score (nSPS) is 20.8. The molecule has 0 saturated carbocycles. The van der Waals surface area contributed by atoms with Crippen molar-refractivity contribution in [3.05, 3.63) is 41.7 Å². The lowest BCUT2D eigenvalue weighted by atomic mass is 9.97. The predicted molar refractivity (Wildman–Crippen MR) is 107 cm³/mol. The molecule has 0 aliphatic carbocycles. The molecule has 0 amide bonds. The summed E-state index contributed by atoms with van der Waals surface area (Å²) in [6, 6.07) is 8.15. The smallest absolute Gasteiger partial charge is 0.176 e. The molecule has 2 aliphatic rings. The standard InChI is InChI=1S/C21H27N5O2/c1-27-18-6-2-4-15-12-17(28-20(15)18)14-25-10-3-5-16(13-25)21-24-23-19-7-8-22-9-11-26(19)21/h2,4,6,12,16,22H,3,5,7-11,13-14H2,1H3/t16-/m0/s1. The van der Waals surface area contributed by atoms with Gasteiger partial charge in [0.05, 0.1) is 13.7 Å². The second-order valence-corrected chi connectivity index (χ2v) is 7.79. The van der Waals surface area contributed by atoms with Gasteiger partial charge in [0, 0.05) is 43.9 Å². The minimum absolute atomic E-state index is 0.437. The number of rotatable bonds is 4. The van der Waals surface area contributed by atoms with Crippen molar-refractivity contribution in [2.75, 3.05) is 33.3 Å². The number of piperidine rings is 1. The lowest BCUT2D eigenvalue weighted by Crippen LogP contribution is -2.35. The van der Waals surface area contributed by atoms with Gasteiger partial charge in [-0.3, -0.25) is 4.90 Å². The molecule has 2 aromatic heterocycles. The third-order valence-corrected chi connectivity index (χ3v) is 5.92. The van der Waals surface area contributed by atoms with Crippen molar-refractivity contribution < 1.29 is 9.15 Å². The van der Waals surface area contributed by atoms with Crippen molar-refractivity contribution in [2.24, 2.45) is 0 Å². The fraction of sp³-hybridized carbons (Fsp3) is 0.524. The van der Waals surface area contributed by atoms with Crippen LogP contribution in [-0.2, 0) is 19.5 Å². The summed E-state index contributed by atoms with van der Waals surface area (Å²) in [7, 11) is 1.68. The maximum Gasteiger partial charge on any atom is 0.176 e. The molecule has 0 unspecified atom stereocenters. The molecule has 1 saturated heterocycles. The van der Waals surface area contributed by atoms with Crippen LogP contribution in [0.5, 0.6) is 5.75 Å². The van der Waals surface area contributed by atoms with Gasteiger partial charge in [-0.15, -0.1) is 10.2 Å². The van der Waals surface area contributed by atoms with Gasteiger partial charge in [-0.1, -0.05) is 12.1 Å². The molecule has 1 atom stereocenters. The summed E-state index contributed by atoms with van der Waals surface area (Å²) < 4.78 is 13.9. The van der Waals surface area contributed by atoms with Gasteiger partial charge < -0.3 is 19.0 Å². The molecule has 2 aliphatic heterocycles. The van der Waals surface area contributed by atoms with Crippen LogP contribution in [0.2, 0.25) is 0 Å². The van der Waals surface area contributed by atoms with E-state index in [0.29, 0.717) is 5.92 Å². The Hall–Kier alpha value is -2.38. The van der Waals surface area contributed by atoms with E-state index in [1.54, 1.807) is 7.11 Å². The van der Waals surface area contributed by atoms with Crippen molar-refractivity contribution in [1.82, 2.24) is 25.0 Å². The largest absolute Gasteiger partial charge is 0.493 e. The van der Waals surface area contributed by atoms with Gasteiger partial charge in [0.2, 0.25) is 0 Å². The van der Waals surface area contributed by atoms with E-state index in [2.05, 4.69) is 37.1 Å². The monoisotopic (exact) mass is 381 g/mol. The van der Waals surface area contributed by atoms with Crippen LogP contribution < -0.4 is 10.1 Å². The second kappa shape index (κ2) is 7.56. The first-order chi connectivity index (χ1) is 13.8. The first-order valence-electron chi connectivity index (χ1n) is 10.2. The van der Waals surface area contributed by atoms with E-state index < -0.39 is 0 Å². The number of fused-ring (bicyclic) bond motifs is 2. The van der Waals surface area contributed by atoms with E-state index >= 15 is 0 Å². The molecule has 0 radical (unpaired) electrons. The summed E-state index contributed by atoms with van der Waals surface area (Å²) in [5.41, 5.74) is 0.837. The molecule has 4 heterocycles. The summed E-state index contributed by atoms with van der Waals surface area (Å²) in [5.74, 6) is 4.51. The lowest BCUT2D eigenvalue weighted by molar-refractivity contribution is 0.183. The van der Waals surface area contributed by atoms with Crippen LogP contribution in [0, 0.1) is 0 Å². The maximum atomic E-state index is 6.12. The van der Waals surface area contributed by atoms with Crippen molar-refractivity contribution in [3.63, 3.8) is 0 Å². The van der Waals surface area contributed by atoms with Crippen LogP contribution in [0.25, 0.3) is 11.0 Å². The topological polar surface area (TPSA) is 68.3 Å². The van der Waals surface area contributed by atoms with Gasteiger partial charge in [-0.05, 0) is 31.5 Å². The zero-order valence-electron chi connectivity index (χ0n) is 16.4. The Labute approximate surface area is 164 Å². The van der Waals surface area contributed by atoms with E-state index in [-0.39, 0.29) is 0 Å². The molecule has 28 heavy (non-hydrogen) atoms. The molecule has 1 fully saturated rings. The molecule has 148 valence electrons. The highest BCUT2D eigenvalue weighted by molar-refractivity contribution is 5.83. The summed E-state index contributed by atoms with van der Waals surface area (Å²) in [5, 5.41) is 13.6. The number of methoxy groups -OCH3 is 1. The zero-order chi connectivity index (χ0) is 18.9. The molecule has 5 rings (SSSR count). The molecular formula is C21H27N5O2. The highest BCUT2D eigenvalue weighted by Gasteiger charge is 2.28. The van der Waals surface area contributed by atoms with Gasteiger partial charge in [0.25, 0.3) is 0 Å². The van der Waals surface area contributed by atoms with Crippen LogP contribution in [-0.4, -0.2) is 53.0 Å². The number of hydrogen-bond acceptors (Lipinski definition) is 6. The second-order valence-electron chi connectivity index (χ2n) is 7.79.